The number of aliphatic carboxylic acids is 1. The number of anilines is 1. The molecule has 0 unspecified atom stereocenters. The lowest BCUT2D eigenvalue weighted by atomic mass is 10.2. The van der Waals surface area contributed by atoms with Crippen LogP contribution in [0.5, 0.6) is 5.75 Å². The van der Waals surface area contributed by atoms with Gasteiger partial charge in [-0.1, -0.05) is 17.7 Å². The van der Waals surface area contributed by atoms with Gasteiger partial charge in [0.15, 0.2) is 5.13 Å². The van der Waals surface area contributed by atoms with Crippen molar-refractivity contribution in [2.75, 3.05) is 24.6 Å². The average molecular weight is 320 g/mol. The second-order valence-electron chi connectivity index (χ2n) is 4.96. The summed E-state index contributed by atoms with van der Waals surface area (Å²) in [6.45, 7) is 3.83. The first-order chi connectivity index (χ1) is 10.6. The Bertz CT molecular complexity index is 570. The van der Waals surface area contributed by atoms with Gasteiger partial charge in [0.1, 0.15) is 5.75 Å². The summed E-state index contributed by atoms with van der Waals surface area (Å²) >= 11 is 1.52. The van der Waals surface area contributed by atoms with Gasteiger partial charge >= 0.3 is 5.97 Å². The van der Waals surface area contributed by atoms with E-state index in [0.717, 1.165) is 23.8 Å². The number of hydrogen-bond donors (Lipinski definition) is 1. The molecule has 0 aliphatic rings. The van der Waals surface area contributed by atoms with Crippen molar-refractivity contribution in [3.8, 4) is 5.75 Å². The molecule has 118 valence electrons. The molecule has 1 aromatic heterocycles. The minimum absolute atomic E-state index is 0.110. The van der Waals surface area contributed by atoms with E-state index in [1.165, 1.54) is 16.9 Å². The monoisotopic (exact) mass is 320 g/mol. The van der Waals surface area contributed by atoms with Gasteiger partial charge in [-0.2, -0.15) is 0 Å². The Labute approximate surface area is 134 Å². The van der Waals surface area contributed by atoms with Gasteiger partial charge in [-0.3, -0.25) is 4.79 Å². The first kappa shape index (κ1) is 16.3. The van der Waals surface area contributed by atoms with Gasteiger partial charge in [-0.05, 0) is 25.5 Å². The van der Waals surface area contributed by atoms with E-state index in [9.17, 15) is 4.79 Å². The maximum atomic E-state index is 10.7. The normalized spacial score (nSPS) is 10.4. The highest BCUT2D eigenvalue weighted by Crippen LogP contribution is 2.18. The quantitative estimate of drug-likeness (QED) is 0.719. The summed E-state index contributed by atoms with van der Waals surface area (Å²) in [5.74, 6) is 0.0643. The van der Waals surface area contributed by atoms with Crippen LogP contribution in [0, 0.1) is 6.92 Å². The van der Waals surface area contributed by atoms with E-state index >= 15 is 0 Å². The van der Waals surface area contributed by atoms with Crippen molar-refractivity contribution < 1.29 is 14.6 Å². The van der Waals surface area contributed by atoms with Crippen LogP contribution in [0.4, 0.5) is 5.13 Å². The molecule has 0 aliphatic carbocycles. The van der Waals surface area contributed by atoms with Gasteiger partial charge in [0.05, 0.1) is 13.0 Å². The largest absolute Gasteiger partial charge is 0.494 e. The molecular formula is C16H20N2O3S. The summed E-state index contributed by atoms with van der Waals surface area (Å²) in [5.41, 5.74) is 1.20. The number of aromatic nitrogens is 1. The SMILES string of the molecule is Cc1ccc(OCCCN(CCC(=O)O)c2nccs2)cc1. The summed E-state index contributed by atoms with van der Waals surface area (Å²) in [6, 6.07) is 7.95. The summed E-state index contributed by atoms with van der Waals surface area (Å²) in [4.78, 5) is 17.0. The van der Waals surface area contributed by atoms with Crippen molar-refractivity contribution in [1.82, 2.24) is 4.98 Å². The van der Waals surface area contributed by atoms with Gasteiger partial charge in [-0.25, -0.2) is 4.98 Å². The fourth-order valence-corrected chi connectivity index (χ4v) is 2.68. The smallest absolute Gasteiger partial charge is 0.305 e. The van der Waals surface area contributed by atoms with Crippen LogP contribution in [0.1, 0.15) is 18.4 Å². The average Bonchev–Trinajstić information content (AvgIpc) is 3.02. The first-order valence-electron chi connectivity index (χ1n) is 7.21. The van der Waals surface area contributed by atoms with E-state index in [-0.39, 0.29) is 6.42 Å². The Balaban J connectivity index is 1.78. The van der Waals surface area contributed by atoms with Crippen LogP contribution in [0.3, 0.4) is 0 Å². The van der Waals surface area contributed by atoms with E-state index in [1.54, 1.807) is 6.20 Å². The molecule has 1 heterocycles. The zero-order valence-corrected chi connectivity index (χ0v) is 13.4. The van der Waals surface area contributed by atoms with Crippen LogP contribution >= 0.6 is 11.3 Å². The molecule has 1 N–H and O–H groups in total. The molecule has 0 atom stereocenters. The first-order valence-corrected chi connectivity index (χ1v) is 8.09. The van der Waals surface area contributed by atoms with Crippen molar-refractivity contribution in [3.05, 3.63) is 41.4 Å². The van der Waals surface area contributed by atoms with Crippen molar-refractivity contribution in [2.45, 2.75) is 19.8 Å². The van der Waals surface area contributed by atoms with Gasteiger partial charge in [0.25, 0.3) is 0 Å². The third-order valence-electron chi connectivity index (χ3n) is 3.15. The Hall–Kier alpha value is -2.08. The maximum absolute atomic E-state index is 10.7. The summed E-state index contributed by atoms with van der Waals surface area (Å²) in [7, 11) is 0. The number of ether oxygens (including phenoxy) is 1. The highest BCUT2D eigenvalue weighted by atomic mass is 32.1. The number of benzene rings is 1. The Morgan fingerprint density at radius 1 is 1.32 bits per heavy atom. The number of carboxylic acids is 1. The molecule has 0 fully saturated rings. The lowest BCUT2D eigenvalue weighted by molar-refractivity contribution is -0.136. The molecule has 0 aliphatic heterocycles. The predicted octanol–water partition coefficient (Wildman–Crippen LogP) is 3.20. The second kappa shape index (κ2) is 8.38. The summed E-state index contributed by atoms with van der Waals surface area (Å²) < 4.78 is 5.69. The molecule has 22 heavy (non-hydrogen) atoms. The Morgan fingerprint density at radius 3 is 2.73 bits per heavy atom. The molecule has 2 aromatic rings. The number of aryl methyl sites for hydroxylation is 1. The van der Waals surface area contributed by atoms with E-state index in [4.69, 9.17) is 9.84 Å². The van der Waals surface area contributed by atoms with Crippen LogP contribution in [-0.2, 0) is 4.79 Å². The Kier molecular flexibility index (Phi) is 6.21. The minimum atomic E-state index is -0.794. The standard InChI is InChI=1S/C16H20N2O3S/c1-13-3-5-14(6-4-13)21-11-2-9-18(10-7-15(19)20)16-17-8-12-22-16/h3-6,8,12H,2,7,9-11H2,1H3,(H,19,20). The van der Waals surface area contributed by atoms with Crippen molar-refractivity contribution in [2.24, 2.45) is 0 Å². The van der Waals surface area contributed by atoms with Crippen molar-refractivity contribution in [1.29, 1.82) is 0 Å². The van der Waals surface area contributed by atoms with Crippen LogP contribution in [0.25, 0.3) is 0 Å². The number of rotatable bonds is 9. The van der Waals surface area contributed by atoms with Crippen LogP contribution < -0.4 is 9.64 Å². The minimum Gasteiger partial charge on any atom is -0.494 e. The van der Waals surface area contributed by atoms with Gasteiger partial charge in [-0.15, -0.1) is 11.3 Å². The fraction of sp³-hybridized carbons (Fsp3) is 0.375. The third-order valence-corrected chi connectivity index (χ3v) is 3.98. The van der Waals surface area contributed by atoms with Gasteiger partial charge in [0, 0.05) is 24.7 Å². The Morgan fingerprint density at radius 2 is 2.09 bits per heavy atom. The molecule has 0 bridgehead atoms. The van der Waals surface area contributed by atoms with E-state index in [0.29, 0.717) is 13.2 Å². The number of carboxylic acid groups (broad SMARTS) is 1. The molecule has 0 spiro atoms. The summed E-state index contributed by atoms with van der Waals surface area (Å²) in [6.07, 6.45) is 2.65. The maximum Gasteiger partial charge on any atom is 0.305 e. The number of thiazole rings is 1. The molecule has 6 heteroatoms. The predicted molar refractivity (Wildman–Crippen MR) is 87.9 cm³/mol. The van der Waals surface area contributed by atoms with Crippen LogP contribution in [0.15, 0.2) is 35.8 Å². The molecule has 2 rings (SSSR count). The van der Waals surface area contributed by atoms with Crippen molar-refractivity contribution >= 4 is 22.4 Å². The molecule has 0 amide bonds. The second-order valence-corrected chi connectivity index (χ2v) is 5.83. The van der Waals surface area contributed by atoms with E-state index in [2.05, 4.69) is 4.98 Å². The summed E-state index contributed by atoms with van der Waals surface area (Å²) in [5, 5.41) is 11.6. The topological polar surface area (TPSA) is 62.7 Å². The van der Waals surface area contributed by atoms with E-state index < -0.39 is 5.97 Å². The third kappa shape index (κ3) is 5.37. The van der Waals surface area contributed by atoms with E-state index in [1.807, 2.05) is 41.5 Å². The molecule has 0 saturated heterocycles. The fourth-order valence-electron chi connectivity index (χ4n) is 1.99. The zero-order valence-electron chi connectivity index (χ0n) is 12.6. The van der Waals surface area contributed by atoms with Crippen LogP contribution in [-0.4, -0.2) is 35.8 Å². The van der Waals surface area contributed by atoms with Crippen LogP contribution in [0.2, 0.25) is 0 Å². The van der Waals surface area contributed by atoms with Gasteiger partial charge in [0.2, 0.25) is 0 Å². The highest BCUT2D eigenvalue weighted by molar-refractivity contribution is 7.13. The highest BCUT2D eigenvalue weighted by Gasteiger charge is 2.10. The molecule has 1 aromatic carbocycles. The molecule has 5 nitrogen and oxygen atoms in total. The van der Waals surface area contributed by atoms with Crippen molar-refractivity contribution in [3.63, 3.8) is 0 Å². The lowest BCUT2D eigenvalue weighted by Crippen LogP contribution is -2.28. The van der Waals surface area contributed by atoms with Gasteiger partial charge < -0.3 is 14.7 Å². The molecular weight excluding hydrogens is 300 g/mol. The number of nitrogens with zero attached hydrogens (tertiary/aromatic N) is 2. The zero-order chi connectivity index (χ0) is 15.8. The number of carbonyl (C=O) groups is 1. The number of hydrogen-bond acceptors (Lipinski definition) is 5. The molecule has 0 radical (unpaired) electrons. The molecule has 0 saturated carbocycles. The lowest BCUT2D eigenvalue weighted by Gasteiger charge is -2.21.